The summed E-state index contributed by atoms with van der Waals surface area (Å²) in [5.74, 6) is -0.923. The van der Waals surface area contributed by atoms with Gasteiger partial charge in [-0.05, 0) is 18.2 Å². The number of hydrogen-bond acceptors (Lipinski definition) is 3. The Bertz CT molecular complexity index is 688. The molecule has 17 heavy (non-hydrogen) atoms. The van der Waals surface area contributed by atoms with Crippen LogP contribution in [0.2, 0.25) is 5.02 Å². The van der Waals surface area contributed by atoms with Crippen molar-refractivity contribution < 1.29 is 13.2 Å². The molecule has 0 radical (unpaired) electrons. The van der Waals surface area contributed by atoms with Crippen molar-refractivity contribution in [2.75, 3.05) is 12.0 Å². The molecular weight excluding hydrogens is 262 g/mol. The summed E-state index contributed by atoms with van der Waals surface area (Å²) in [6.45, 7) is 0. The van der Waals surface area contributed by atoms with Crippen LogP contribution >= 0.6 is 11.6 Å². The largest absolute Gasteiger partial charge is 0.360 e. The third-order valence-electron chi connectivity index (χ3n) is 2.34. The molecule has 2 rings (SSSR count). The lowest BCUT2D eigenvalue weighted by atomic mass is 10.1. The lowest BCUT2D eigenvalue weighted by molar-refractivity contribution is 0.102. The highest BCUT2D eigenvalue weighted by Crippen LogP contribution is 2.22. The summed E-state index contributed by atoms with van der Waals surface area (Å²) < 4.78 is 22.2. The molecule has 0 amide bonds. The fourth-order valence-electron chi connectivity index (χ4n) is 1.64. The Morgan fingerprint density at radius 2 is 2.12 bits per heavy atom. The number of carbonyl (C=O) groups is 1. The van der Waals surface area contributed by atoms with Crippen LogP contribution in [0.1, 0.15) is 10.4 Å². The summed E-state index contributed by atoms with van der Waals surface area (Å²) in [6, 6.07) is 5.09. The number of H-pyrrole nitrogens is 1. The van der Waals surface area contributed by atoms with Gasteiger partial charge in [0.05, 0.1) is 0 Å². The first-order chi connectivity index (χ1) is 7.87. The zero-order valence-corrected chi connectivity index (χ0v) is 10.6. The van der Waals surface area contributed by atoms with Gasteiger partial charge in [-0.2, -0.15) is 0 Å². The molecule has 0 aliphatic carbocycles. The molecule has 1 N–H and O–H groups in total. The van der Waals surface area contributed by atoms with Crippen LogP contribution in [0.15, 0.2) is 24.4 Å². The van der Waals surface area contributed by atoms with Crippen molar-refractivity contribution in [1.29, 1.82) is 0 Å². The van der Waals surface area contributed by atoms with Crippen molar-refractivity contribution in [3.8, 4) is 0 Å². The Kier molecular flexibility index (Phi) is 2.97. The van der Waals surface area contributed by atoms with Crippen LogP contribution in [0, 0.1) is 0 Å². The number of hydrogen-bond donors (Lipinski definition) is 1. The standard InChI is InChI=1S/C11H10ClNO3S/c1-17(15,16)6-11(14)9-5-13-10-3-2-7(12)4-8(9)10/h2-5,13H,6H2,1H3. The van der Waals surface area contributed by atoms with Gasteiger partial charge in [-0.1, -0.05) is 11.6 Å². The predicted molar refractivity (Wildman–Crippen MR) is 67.4 cm³/mol. The molecule has 6 heteroatoms. The Morgan fingerprint density at radius 1 is 1.41 bits per heavy atom. The number of ketones is 1. The van der Waals surface area contributed by atoms with Gasteiger partial charge >= 0.3 is 0 Å². The number of aromatic nitrogens is 1. The molecule has 0 atom stereocenters. The van der Waals surface area contributed by atoms with Gasteiger partial charge in [0, 0.05) is 33.9 Å². The lowest BCUT2D eigenvalue weighted by Crippen LogP contribution is -2.14. The summed E-state index contributed by atoms with van der Waals surface area (Å²) in [6.07, 6.45) is 2.54. The first-order valence-electron chi connectivity index (χ1n) is 4.84. The minimum absolute atomic E-state index is 0.355. The topological polar surface area (TPSA) is 67.0 Å². The summed E-state index contributed by atoms with van der Waals surface area (Å²) >= 11 is 5.84. The lowest BCUT2D eigenvalue weighted by Gasteiger charge is -1.98. The molecule has 0 bridgehead atoms. The van der Waals surface area contributed by atoms with Gasteiger partial charge in [0.2, 0.25) is 0 Å². The van der Waals surface area contributed by atoms with Gasteiger partial charge in [-0.15, -0.1) is 0 Å². The predicted octanol–water partition coefficient (Wildman–Crippen LogP) is 2.05. The SMILES string of the molecule is CS(=O)(=O)CC(=O)c1c[nH]c2ccc(Cl)cc12. The van der Waals surface area contributed by atoms with Gasteiger partial charge in [-0.25, -0.2) is 8.42 Å². The van der Waals surface area contributed by atoms with E-state index in [2.05, 4.69) is 4.98 Å². The van der Waals surface area contributed by atoms with Crippen LogP contribution < -0.4 is 0 Å². The molecule has 1 aromatic heterocycles. The number of aromatic amines is 1. The van der Waals surface area contributed by atoms with Crippen molar-refractivity contribution in [2.45, 2.75) is 0 Å². The van der Waals surface area contributed by atoms with E-state index < -0.39 is 21.4 Å². The van der Waals surface area contributed by atoms with Crippen LogP contribution in [0.5, 0.6) is 0 Å². The smallest absolute Gasteiger partial charge is 0.179 e. The highest BCUT2D eigenvalue weighted by atomic mass is 35.5. The quantitative estimate of drug-likeness (QED) is 0.869. The second kappa shape index (κ2) is 4.16. The first-order valence-corrected chi connectivity index (χ1v) is 7.28. The van der Waals surface area contributed by atoms with Gasteiger partial charge in [-0.3, -0.25) is 4.79 Å². The zero-order chi connectivity index (χ0) is 12.6. The van der Waals surface area contributed by atoms with E-state index in [0.717, 1.165) is 11.8 Å². The molecule has 90 valence electrons. The molecule has 2 aromatic rings. The fourth-order valence-corrected chi connectivity index (χ4v) is 2.44. The van der Waals surface area contributed by atoms with Crippen LogP contribution in [-0.4, -0.2) is 31.2 Å². The maximum Gasteiger partial charge on any atom is 0.179 e. The normalized spacial score (nSPS) is 11.9. The van der Waals surface area contributed by atoms with Gasteiger partial charge in [0.1, 0.15) is 5.75 Å². The van der Waals surface area contributed by atoms with E-state index in [1.54, 1.807) is 18.2 Å². The Balaban J connectivity index is 2.49. The summed E-state index contributed by atoms with van der Waals surface area (Å²) in [5, 5.41) is 1.15. The van der Waals surface area contributed by atoms with E-state index in [1.807, 2.05) is 0 Å². The second-order valence-corrected chi connectivity index (χ2v) is 6.46. The van der Waals surface area contributed by atoms with Crippen molar-refractivity contribution >= 4 is 38.1 Å². The second-order valence-electron chi connectivity index (χ2n) is 3.89. The number of carbonyl (C=O) groups excluding carboxylic acids is 1. The fraction of sp³-hybridized carbons (Fsp3) is 0.182. The molecule has 0 spiro atoms. The van der Waals surface area contributed by atoms with E-state index in [4.69, 9.17) is 11.6 Å². The average Bonchev–Trinajstić information content (AvgIpc) is 2.57. The molecule has 1 aromatic carbocycles. The third-order valence-corrected chi connectivity index (χ3v) is 3.36. The van der Waals surface area contributed by atoms with Gasteiger partial charge in [0.15, 0.2) is 15.6 Å². The minimum atomic E-state index is -3.32. The third kappa shape index (κ3) is 2.68. The molecular formula is C11H10ClNO3S. The summed E-state index contributed by atoms with van der Waals surface area (Å²) in [4.78, 5) is 14.7. The molecule has 0 unspecified atom stereocenters. The number of fused-ring (bicyclic) bond motifs is 1. The van der Waals surface area contributed by atoms with Gasteiger partial charge in [0.25, 0.3) is 0 Å². The molecule has 1 heterocycles. The molecule has 0 saturated carbocycles. The van der Waals surface area contributed by atoms with Crippen molar-refractivity contribution in [1.82, 2.24) is 4.98 Å². The highest BCUT2D eigenvalue weighted by molar-refractivity contribution is 7.91. The number of halogens is 1. The molecule has 0 aliphatic rings. The van der Waals surface area contributed by atoms with E-state index in [-0.39, 0.29) is 0 Å². The number of sulfone groups is 1. The Labute approximate surface area is 104 Å². The average molecular weight is 272 g/mol. The van der Waals surface area contributed by atoms with E-state index in [1.165, 1.54) is 6.20 Å². The van der Waals surface area contributed by atoms with E-state index >= 15 is 0 Å². The number of rotatable bonds is 3. The minimum Gasteiger partial charge on any atom is -0.360 e. The maximum absolute atomic E-state index is 11.8. The van der Waals surface area contributed by atoms with Crippen molar-refractivity contribution in [3.63, 3.8) is 0 Å². The Hall–Kier alpha value is -1.33. The van der Waals surface area contributed by atoms with E-state index in [9.17, 15) is 13.2 Å². The van der Waals surface area contributed by atoms with Gasteiger partial charge < -0.3 is 4.98 Å². The molecule has 0 aliphatic heterocycles. The Morgan fingerprint density at radius 3 is 2.76 bits per heavy atom. The van der Waals surface area contributed by atoms with Crippen LogP contribution in [0.25, 0.3) is 10.9 Å². The number of Topliss-reactive ketones (excluding diaryl/α,β-unsaturated/α-hetero) is 1. The number of nitrogens with one attached hydrogen (secondary N) is 1. The molecule has 0 fully saturated rings. The van der Waals surface area contributed by atoms with Crippen molar-refractivity contribution in [3.05, 3.63) is 35.0 Å². The van der Waals surface area contributed by atoms with Crippen molar-refractivity contribution in [2.24, 2.45) is 0 Å². The van der Waals surface area contributed by atoms with Crippen LogP contribution in [0.4, 0.5) is 0 Å². The highest BCUT2D eigenvalue weighted by Gasteiger charge is 2.17. The first kappa shape index (κ1) is 12.1. The zero-order valence-electron chi connectivity index (χ0n) is 9.03. The maximum atomic E-state index is 11.8. The number of benzene rings is 1. The van der Waals surface area contributed by atoms with Crippen LogP contribution in [0.3, 0.4) is 0 Å². The monoisotopic (exact) mass is 271 g/mol. The van der Waals surface area contributed by atoms with E-state index in [0.29, 0.717) is 16.0 Å². The summed E-state index contributed by atoms with van der Waals surface area (Å²) in [7, 11) is -3.32. The summed E-state index contributed by atoms with van der Waals surface area (Å²) in [5.41, 5.74) is 1.11. The molecule has 0 saturated heterocycles. The van der Waals surface area contributed by atoms with Crippen LogP contribution in [-0.2, 0) is 9.84 Å². The molecule has 4 nitrogen and oxygen atoms in total.